The van der Waals surface area contributed by atoms with E-state index in [1.165, 1.54) is 18.9 Å². The van der Waals surface area contributed by atoms with Crippen molar-refractivity contribution in [2.75, 3.05) is 24.2 Å². The van der Waals surface area contributed by atoms with Gasteiger partial charge in [0.15, 0.2) is 0 Å². The van der Waals surface area contributed by atoms with E-state index in [1.807, 2.05) is 0 Å². The lowest BCUT2D eigenvalue weighted by Crippen LogP contribution is -2.16. The zero-order chi connectivity index (χ0) is 13.0. The van der Waals surface area contributed by atoms with Gasteiger partial charge in [0.25, 0.3) is 0 Å². The third-order valence-electron chi connectivity index (χ3n) is 3.17. The number of benzene rings is 1. The number of nitrogen functional groups attached to an aromatic ring is 1. The Hall–Kier alpha value is -0.810. The molecule has 0 radical (unpaired) electrons. The van der Waals surface area contributed by atoms with Gasteiger partial charge in [0.1, 0.15) is 5.82 Å². The molecule has 1 saturated carbocycles. The highest BCUT2D eigenvalue weighted by Gasteiger charge is 2.14. The van der Waals surface area contributed by atoms with E-state index in [0.29, 0.717) is 35.1 Å². The van der Waals surface area contributed by atoms with Crippen LogP contribution in [-0.4, -0.2) is 19.3 Å². The first kappa shape index (κ1) is 13.6. The summed E-state index contributed by atoms with van der Waals surface area (Å²) < 4.78 is 19.4. The van der Waals surface area contributed by atoms with E-state index in [0.717, 1.165) is 12.8 Å². The fraction of sp³-hybridized carbons (Fsp3) is 0.538. The van der Waals surface area contributed by atoms with Gasteiger partial charge in [0.2, 0.25) is 0 Å². The second-order valence-corrected chi connectivity index (χ2v) is 5.41. The number of ether oxygens (including phenoxy) is 1. The Bertz CT molecular complexity index is 408. The molecule has 1 fully saturated rings. The summed E-state index contributed by atoms with van der Waals surface area (Å²) in [5.74, 6) is -0.316. The standard InChI is InChI=1S/C13H18BrFN2O/c14-10-7-12(16)13(8-11(10)15)17-5-6-18-9-3-1-2-4-9/h7-9,17H,1-6,16H2. The molecule has 0 saturated heterocycles. The predicted octanol–water partition coefficient (Wildman–Crippen LogP) is 3.54. The number of halogens is 2. The summed E-state index contributed by atoms with van der Waals surface area (Å²) in [4.78, 5) is 0. The van der Waals surface area contributed by atoms with Gasteiger partial charge in [0.05, 0.1) is 28.6 Å². The van der Waals surface area contributed by atoms with Gasteiger partial charge in [0, 0.05) is 12.6 Å². The van der Waals surface area contributed by atoms with E-state index in [9.17, 15) is 4.39 Å². The van der Waals surface area contributed by atoms with Crippen molar-refractivity contribution in [3.63, 3.8) is 0 Å². The van der Waals surface area contributed by atoms with Crippen LogP contribution >= 0.6 is 15.9 Å². The molecule has 1 aliphatic carbocycles. The zero-order valence-electron chi connectivity index (χ0n) is 10.2. The summed E-state index contributed by atoms with van der Waals surface area (Å²) in [5, 5.41) is 3.09. The normalized spacial score (nSPS) is 16.1. The Kier molecular flexibility index (Phi) is 4.83. The highest BCUT2D eigenvalue weighted by molar-refractivity contribution is 9.10. The average Bonchev–Trinajstić information content (AvgIpc) is 2.84. The monoisotopic (exact) mass is 316 g/mol. The molecule has 0 aromatic heterocycles. The minimum absolute atomic E-state index is 0.316. The summed E-state index contributed by atoms with van der Waals surface area (Å²) in [6.45, 7) is 1.27. The van der Waals surface area contributed by atoms with Gasteiger partial charge in [-0.15, -0.1) is 0 Å². The summed E-state index contributed by atoms with van der Waals surface area (Å²) >= 11 is 3.10. The molecule has 0 unspecified atom stereocenters. The molecular formula is C13H18BrFN2O. The zero-order valence-corrected chi connectivity index (χ0v) is 11.8. The molecule has 18 heavy (non-hydrogen) atoms. The number of anilines is 2. The van der Waals surface area contributed by atoms with Crippen molar-refractivity contribution in [2.24, 2.45) is 0 Å². The van der Waals surface area contributed by atoms with Crippen molar-refractivity contribution in [1.82, 2.24) is 0 Å². The van der Waals surface area contributed by atoms with Crippen LogP contribution in [0.4, 0.5) is 15.8 Å². The van der Waals surface area contributed by atoms with Crippen LogP contribution in [0, 0.1) is 5.82 Å². The van der Waals surface area contributed by atoms with Crippen molar-refractivity contribution in [1.29, 1.82) is 0 Å². The third kappa shape index (κ3) is 3.59. The van der Waals surface area contributed by atoms with E-state index in [2.05, 4.69) is 21.2 Å². The quantitative estimate of drug-likeness (QED) is 0.645. The van der Waals surface area contributed by atoms with Gasteiger partial charge >= 0.3 is 0 Å². The molecule has 3 nitrogen and oxygen atoms in total. The number of nitrogens with two attached hydrogens (primary N) is 1. The van der Waals surface area contributed by atoms with E-state index in [-0.39, 0.29) is 5.82 Å². The lowest BCUT2D eigenvalue weighted by molar-refractivity contribution is 0.0659. The van der Waals surface area contributed by atoms with Gasteiger partial charge in [-0.1, -0.05) is 12.8 Å². The van der Waals surface area contributed by atoms with Crippen molar-refractivity contribution >= 4 is 27.3 Å². The van der Waals surface area contributed by atoms with E-state index < -0.39 is 0 Å². The molecule has 0 heterocycles. The lowest BCUT2D eigenvalue weighted by Gasteiger charge is -2.13. The first-order valence-corrected chi connectivity index (χ1v) is 7.06. The van der Waals surface area contributed by atoms with E-state index >= 15 is 0 Å². The molecule has 0 atom stereocenters. The van der Waals surface area contributed by atoms with Crippen LogP contribution in [0.25, 0.3) is 0 Å². The van der Waals surface area contributed by atoms with Crippen LogP contribution in [0.5, 0.6) is 0 Å². The average molecular weight is 317 g/mol. The Labute approximate surface area is 115 Å². The molecule has 0 bridgehead atoms. The molecule has 100 valence electrons. The maximum Gasteiger partial charge on any atom is 0.139 e. The van der Waals surface area contributed by atoms with Crippen LogP contribution in [0.3, 0.4) is 0 Å². The minimum atomic E-state index is -0.316. The molecule has 0 aliphatic heterocycles. The first-order valence-electron chi connectivity index (χ1n) is 6.27. The van der Waals surface area contributed by atoms with Crippen molar-refractivity contribution < 1.29 is 9.13 Å². The number of hydrogen-bond donors (Lipinski definition) is 2. The van der Waals surface area contributed by atoms with Crippen molar-refractivity contribution in [3.8, 4) is 0 Å². The summed E-state index contributed by atoms with van der Waals surface area (Å²) in [5.41, 5.74) is 6.94. The minimum Gasteiger partial charge on any atom is -0.397 e. The van der Waals surface area contributed by atoms with E-state index in [4.69, 9.17) is 10.5 Å². The van der Waals surface area contributed by atoms with Crippen LogP contribution < -0.4 is 11.1 Å². The summed E-state index contributed by atoms with van der Waals surface area (Å²) in [6, 6.07) is 2.96. The maximum absolute atomic E-state index is 13.3. The summed E-state index contributed by atoms with van der Waals surface area (Å²) in [6.07, 6.45) is 5.27. The first-order chi connectivity index (χ1) is 8.66. The van der Waals surface area contributed by atoms with Crippen molar-refractivity contribution in [3.05, 3.63) is 22.4 Å². The smallest absolute Gasteiger partial charge is 0.139 e. The van der Waals surface area contributed by atoms with Crippen LogP contribution in [0.15, 0.2) is 16.6 Å². The van der Waals surface area contributed by atoms with Crippen LogP contribution in [0.1, 0.15) is 25.7 Å². The molecule has 0 spiro atoms. The van der Waals surface area contributed by atoms with Gasteiger partial charge in [-0.25, -0.2) is 4.39 Å². The summed E-state index contributed by atoms with van der Waals surface area (Å²) in [7, 11) is 0. The van der Waals surface area contributed by atoms with Crippen LogP contribution in [-0.2, 0) is 4.74 Å². The molecule has 5 heteroatoms. The fourth-order valence-corrected chi connectivity index (χ4v) is 2.54. The van der Waals surface area contributed by atoms with Gasteiger partial charge < -0.3 is 15.8 Å². The van der Waals surface area contributed by atoms with Gasteiger partial charge in [-0.3, -0.25) is 0 Å². The lowest BCUT2D eigenvalue weighted by atomic mass is 10.2. The van der Waals surface area contributed by atoms with Gasteiger partial charge in [-0.2, -0.15) is 0 Å². The third-order valence-corrected chi connectivity index (χ3v) is 3.77. The largest absolute Gasteiger partial charge is 0.397 e. The van der Waals surface area contributed by atoms with Crippen molar-refractivity contribution in [2.45, 2.75) is 31.8 Å². The second kappa shape index (κ2) is 6.38. The number of hydrogen-bond acceptors (Lipinski definition) is 3. The Morgan fingerprint density at radius 3 is 2.83 bits per heavy atom. The van der Waals surface area contributed by atoms with Gasteiger partial charge in [-0.05, 0) is 34.8 Å². The maximum atomic E-state index is 13.3. The van der Waals surface area contributed by atoms with E-state index in [1.54, 1.807) is 6.07 Å². The Morgan fingerprint density at radius 1 is 1.39 bits per heavy atom. The Morgan fingerprint density at radius 2 is 2.11 bits per heavy atom. The molecule has 3 N–H and O–H groups in total. The molecule has 1 aromatic rings. The topological polar surface area (TPSA) is 47.3 Å². The number of nitrogens with one attached hydrogen (secondary N) is 1. The molecule has 1 aliphatic rings. The number of rotatable bonds is 5. The highest BCUT2D eigenvalue weighted by atomic mass is 79.9. The second-order valence-electron chi connectivity index (χ2n) is 4.56. The highest BCUT2D eigenvalue weighted by Crippen LogP contribution is 2.26. The Balaban J connectivity index is 1.77. The predicted molar refractivity (Wildman–Crippen MR) is 75.2 cm³/mol. The van der Waals surface area contributed by atoms with Crippen LogP contribution in [0.2, 0.25) is 0 Å². The SMILES string of the molecule is Nc1cc(Br)c(F)cc1NCCOC1CCCC1. The molecule has 2 rings (SSSR count). The molecule has 1 aromatic carbocycles. The fourth-order valence-electron chi connectivity index (χ4n) is 2.18. The molecule has 0 amide bonds. The molecular weight excluding hydrogens is 299 g/mol.